The smallest absolute Gasteiger partial charge is 0.324 e. The van der Waals surface area contributed by atoms with E-state index in [2.05, 4.69) is 4.90 Å². The molecular formula is C17H24N2O. The first-order valence-electron chi connectivity index (χ1n) is 7.83. The summed E-state index contributed by atoms with van der Waals surface area (Å²) < 4.78 is 0. The molecule has 0 bridgehead atoms. The van der Waals surface area contributed by atoms with Gasteiger partial charge >= 0.3 is 6.03 Å². The van der Waals surface area contributed by atoms with Crippen LogP contribution in [-0.2, 0) is 0 Å². The Kier molecular flexibility index (Phi) is 3.95. The number of benzene rings is 1. The van der Waals surface area contributed by atoms with Crippen molar-refractivity contribution in [2.75, 3.05) is 25.0 Å². The summed E-state index contributed by atoms with van der Waals surface area (Å²) in [5.74, 6) is 1.61. The number of para-hydroxylation sites is 1. The van der Waals surface area contributed by atoms with E-state index in [1.54, 1.807) is 4.90 Å². The molecule has 0 radical (unpaired) electrons. The van der Waals surface area contributed by atoms with Crippen LogP contribution in [0.3, 0.4) is 0 Å². The fourth-order valence-corrected chi connectivity index (χ4v) is 3.75. The first-order chi connectivity index (χ1) is 9.75. The Morgan fingerprint density at radius 1 is 1.10 bits per heavy atom. The van der Waals surface area contributed by atoms with Crippen LogP contribution in [0.1, 0.15) is 32.1 Å². The number of rotatable bonds is 1. The first kappa shape index (κ1) is 13.5. The number of fused-ring (bicyclic) bond motifs is 1. The zero-order chi connectivity index (χ0) is 13.9. The largest absolute Gasteiger partial charge is 0.324 e. The molecule has 0 spiro atoms. The maximum atomic E-state index is 12.6. The van der Waals surface area contributed by atoms with E-state index in [0.29, 0.717) is 0 Å². The van der Waals surface area contributed by atoms with Gasteiger partial charge in [-0.25, -0.2) is 4.79 Å². The average molecular weight is 272 g/mol. The molecule has 1 aliphatic carbocycles. The van der Waals surface area contributed by atoms with Gasteiger partial charge in [-0.3, -0.25) is 4.90 Å². The van der Waals surface area contributed by atoms with E-state index in [1.165, 1.54) is 32.1 Å². The van der Waals surface area contributed by atoms with Crippen molar-refractivity contribution in [2.45, 2.75) is 32.1 Å². The second-order valence-corrected chi connectivity index (χ2v) is 6.22. The third-order valence-corrected chi connectivity index (χ3v) is 4.99. The Hall–Kier alpha value is -1.51. The second kappa shape index (κ2) is 5.86. The van der Waals surface area contributed by atoms with Crippen LogP contribution in [0, 0.1) is 11.8 Å². The number of anilines is 1. The molecule has 0 aromatic heterocycles. The van der Waals surface area contributed by atoms with Crippen molar-refractivity contribution in [3.05, 3.63) is 30.3 Å². The minimum Gasteiger partial charge on any atom is -0.324 e. The van der Waals surface area contributed by atoms with Gasteiger partial charge in [0.1, 0.15) is 0 Å². The van der Waals surface area contributed by atoms with Crippen molar-refractivity contribution in [1.82, 2.24) is 4.90 Å². The summed E-state index contributed by atoms with van der Waals surface area (Å²) in [7, 11) is 1.88. The van der Waals surface area contributed by atoms with Crippen LogP contribution in [0.2, 0.25) is 0 Å². The summed E-state index contributed by atoms with van der Waals surface area (Å²) in [5.41, 5.74) is 0.975. The molecule has 2 amide bonds. The van der Waals surface area contributed by atoms with Gasteiger partial charge in [-0.1, -0.05) is 37.5 Å². The van der Waals surface area contributed by atoms with Crippen LogP contribution in [-0.4, -0.2) is 31.1 Å². The number of piperidine rings is 1. The molecule has 3 nitrogen and oxygen atoms in total. The van der Waals surface area contributed by atoms with E-state index in [0.717, 1.165) is 30.6 Å². The molecule has 1 saturated carbocycles. The predicted molar refractivity (Wildman–Crippen MR) is 81.9 cm³/mol. The molecule has 3 rings (SSSR count). The Labute approximate surface area is 121 Å². The second-order valence-electron chi connectivity index (χ2n) is 6.22. The van der Waals surface area contributed by atoms with Crippen molar-refractivity contribution >= 4 is 11.7 Å². The molecular weight excluding hydrogens is 248 g/mol. The summed E-state index contributed by atoms with van der Waals surface area (Å²) in [5, 5.41) is 0. The minimum absolute atomic E-state index is 0.153. The van der Waals surface area contributed by atoms with Gasteiger partial charge in [0.15, 0.2) is 0 Å². The average Bonchev–Trinajstić information content (AvgIpc) is 2.54. The van der Waals surface area contributed by atoms with Crippen molar-refractivity contribution in [2.24, 2.45) is 11.8 Å². The first-order valence-corrected chi connectivity index (χ1v) is 7.83. The van der Waals surface area contributed by atoms with E-state index >= 15 is 0 Å². The number of nitrogens with zero attached hydrogens (tertiary/aromatic N) is 2. The third kappa shape index (κ3) is 2.67. The van der Waals surface area contributed by atoms with Crippen LogP contribution in [0.4, 0.5) is 10.5 Å². The van der Waals surface area contributed by atoms with Crippen molar-refractivity contribution in [1.29, 1.82) is 0 Å². The summed E-state index contributed by atoms with van der Waals surface area (Å²) in [4.78, 5) is 16.5. The van der Waals surface area contributed by atoms with Crippen LogP contribution < -0.4 is 4.90 Å². The molecule has 1 aromatic rings. The Morgan fingerprint density at radius 3 is 2.55 bits per heavy atom. The van der Waals surface area contributed by atoms with Crippen LogP contribution >= 0.6 is 0 Å². The minimum atomic E-state index is 0.153. The molecule has 108 valence electrons. The summed E-state index contributed by atoms with van der Waals surface area (Å²) >= 11 is 0. The third-order valence-electron chi connectivity index (χ3n) is 4.99. The zero-order valence-corrected chi connectivity index (χ0v) is 12.3. The SMILES string of the molecule is CN(C(=O)N1CCC2CCCCC2C1)c1ccccc1. The highest BCUT2D eigenvalue weighted by Gasteiger charge is 2.33. The zero-order valence-electron chi connectivity index (χ0n) is 12.3. The molecule has 0 N–H and O–H groups in total. The van der Waals surface area contributed by atoms with Crippen molar-refractivity contribution < 1.29 is 4.79 Å². The standard InChI is InChI=1S/C17H24N2O/c1-18(16-9-3-2-4-10-16)17(20)19-12-11-14-7-5-6-8-15(14)13-19/h2-4,9-10,14-15H,5-8,11-13H2,1H3. The lowest BCUT2D eigenvalue weighted by molar-refractivity contribution is 0.105. The number of amides is 2. The normalized spacial score (nSPS) is 25.9. The monoisotopic (exact) mass is 272 g/mol. The highest BCUT2D eigenvalue weighted by Crippen LogP contribution is 2.36. The summed E-state index contributed by atoms with van der Waals surface area (Å²) in [6, 6.07) is 10.1. The Morgan fingerprint density at radius 2 is 1.80 bits per heavy atom. The predicted octanol–water partition coefficient (Wildman–Crippen LogP) is 3.75. The quantitative estimate of drug-likeness (QED) is 0.763. The molecule has 1 aliphatic heterocycles. The number of hydrogen-bond donors (Lipinski definition) is 0. The Bertz CT molecular complexity index is 459. The fourth-order valence-electron chi connectivity index (χ4n) is 3.75. The number of carbonyl (C=O) groups excluding carboxylic acids is 1. The molecule has 3 heteroatoms. The fraction of sp³-hybridized carbons (Fsp3) is 0.588. The van der Waals surface area contributed by atoms with Crippen LogP contribution in [0.15, 0.2) is 30.3 Å². The van der Waals surface area contributed by atoms with E-state index in [9.17, 15) is 4.79 Å². The van der Waals surface area contributed by atoms with Gasteiger partial charge in [0.2, 0.25) is 0 Å². The number of hydrogen-bond acceptors (Lipinski definition) is 1. The van der Waals surface area contributed by atoms with E-state index < -0.39 is 0 Å². The molecule has 1 saturated heterocycles. The lowest BCUT2D eigenvalue weighted by Crippen LogP contribution is -2.49. The van der Waals surface area contributed by atoms with E-state index in [-0.39, 0.29) is 6.03 Å². The lowest BCUT2D eigenvalue weighted by Gasteiger charge is -2.42. The van der Waals surface area contributed by atoms with Gasteiger partial charge in [-0.05, 0) is 36.8 Å². The van der Waals surface area contributed by atoms with Gasteiger partial charge < -0.3 is 4.90 Å². The summed E-state index contributed by atoms with van der Waals surface area (Å²) in [6.45, 7) is 1.89. The maximum absolute atomic E-state index is 12.6. The van der Waals surface area contributed by atoms with Crippen molar-refractivity contribution in [3.63, 3.8) is 0 Å². The van der Waals surface area contributed by atoms with E-state index in [4.69, 9.17) is 0 Å². The highest BCUT2D eigenvalue weighted by atomic mass is 16.2. The van der Waals surface area contributed by atoms with Gasteiger partial charge in [0, 0.05) is 25.8 Å². The molecule has 2 unspecified atom stereocenters. The number of likely N-dealkylation sites (tertiary alicyclic amines) is 1. The van der Waals surface area contributed by atoms with Crippen LogP contribution in [0.25, 0.3) is 0 Å². The topological polar surface area (TPSA) is 23.6 Å². The van der Waals surface area contributed by atoms with Crippen LogP contribution in [0.5, 0.6) is 0 Å². The molecule has 2 aliphatic rings. The number of urea groups is 1. The number of carbonyl (C=O) groups is 1. The molecule has 1 aromatic carbocycles. The van der Waals surface area contributed by atoms with Gasteiger partial charge in [-0.2, -0.15) is 0 Å². The van der Waals surface area contributed by atoms with Crippen molar-refractivity contribution in [3.8, 4) is 0 Å². The van der Waals surface area contributed by atoms with E-state index in [1.807, 2.05) is 37.4 Å². The molecule has 2 atom stereocenters. The molecule has 2 fully saturated rings. The summed E-state index contributed by atoms with van der Waals surface area (Å²) in [6.07, 6.45) is 6.61. The van der Waals surface area contributed by atoms with Gasteiger partial charge in [-0.15, -0.1) is 0 Å². The maximum Gasteiger partial charge on any atom is 0.324 e. The van der Waals surface area contributed by atoms with Gasteiger partial charge in [0.05, 0.1) is 0 Å². The Balaban J connectivity index is 1.65. The molecule has 1 heterocycles. The van der Waals surface area contributed by atoms with Gasteiger partial charge in [0.25, 0.3) is 0 Å². The lowest BCUT2D eigenvalue weighted by atomic mass is 9.75. The highest BCUT2D eigenvalue weighted by molar-refractivity contribution is 5.91. The molecule has 20 heavy (non-hydrogen) atoms.